The first kappa shape index (κ1) is 16.7. The Morgan fingerprint density at radius 3 is 2.74 bits per heavy atom. The van der Waals surface area contributed by atoms with Gasteiger partial charge in [0.05, 0.1) is 19.3 Å². The van der Waals surface area contributed by atoms with Gasteiger partial charge in [-0.05, 0) is 37.1 Å². The monoisotopic (exact) mass is 269 g/mol. The maximum absolute atomic E-state index is 9.83. The molecule has 1 rings (SSSR count). The third kappa shape index (κ3) is 7.09. The number of hydrogen-bond acceptors (Lipinski definition) is 3. The summed E-state index contributed by atoms with van der Waals surface area (Å²) in [6.45, 7) is 9.50. The molecule has 2 N–H and O–H groups in total. The summed E-state index contributed by atoms with van der Waals surface area (Å²) in [5.74, 6) is 1.99. The lowest BCUT2D eigenvalue weighted by molar-refractivity contribution is 0.0126. The highest BCUT2D eigenvalue weighted by atomic mass is 16.5. The van der Waals surface area contributed by atoms with Gasteiger partial charge in [0.2, 0.25) is 0 Å². The highest BCUT2D eigenvalue weighted by Crippen LogP contribution is 2.24. The molecule has 4 unspecified atom stereocenters. The molecular weight excluding hydrogens is 238 g/mol. The maximum atomic E-state index is 9.83. The Morgan fingerprint density at radius 2 is 2.05 bits per heavy atom. The molecular formula is C16H31NO2. The lowest BCUT2D eigenvalue weighted by atomic mass is 9.85. The van der Waals surface area contributed by atoms with E-state index in [1.165, 1.54) is 6.42 Å². The number of aliphatic hydroxyl groups is 1. The summed E-state index contributed by atoms with van der Waals surface area (Å²) < 4.78 is 5.67. The Hall–Kier alpha value is -0.380. The molecule has 0 saturated carbocycles. The summed E-state index contributed by atoms with van der Waals surface area (Å²) in [4.78, 5) is 0. The van der Waals surface area contributed by atoms with Gasteiger partial charge in [-0.2, -0.15) is 0 Å². The maximum Gasteiger partial charge on any atom is 0.0897 e. The van der Waals surface area contributed by atoms with Gasteiger partial charge in [-0.25, -0.2) is 0 Å². The van der Waals surface area contributed by atoms with Crippen LogP contribution < -0.4 is 5.32 Å². The van der Waals surface area contributed by atoms with E-state index in [0.717, 1.165) is 26.0 Å². The van der Waals surface area contributed by atoms with Crippen LogP contribution in [0.4, 0.5) is 0 Å². The van der Waals surface area contributed by atoms with E-state index in [2.05, 4.69) is 38.2 Å². The second-order valence-corrected chi connectivity index (χ2v) is 6.04. The minimum atomic E-state index is -0.390. The van der Waals surface area contributed by atoms with Gasteiger partial charge in [-0.3, -0.25) is 0 Å². The Kier molecular flexibility index (Phi) is 8.35. The van der Waals surface area contributed by atoms with Crippen LogP contribution in [0.2, 0.25) is 0 Å². The van der Waals surface area contributed by atoms with E-state index in [0.29, 0.717) is 30.9 Å². The molecule has 3 heteroatoms. The summed E-state index contributed by atoms with van der Waals surface area (Å²) in [5.41, 5.74) is 0. The van der Waals surface area contributed by atoms with Crippen LogP contribution in [0.5, 0.6) is 0 Å². The van der Waals surface area contributed by atoms with Crippen LogP contribution in [0, 0.1) is 17.8 Å². The summed E-state index contributed by atoms with van der Waals surface area (Å²) in [7, 11) is 0. The van der Waals surface area contributed by atoms with Gasteiger partial charge in [-0.1, -0.05) is 39.3 Å². The SMILES string of the molecule is CCC(C)CNCC(O)COCC1CC=CCC1C. The van der Waals surface area contributed by atoms with E-state index in [1.54, 1.807) is 0 Å². The van der Waals surface area contributed by atoms with Crippen molar-refractivity contribution in [3.8, 4) is 0 Å². The summed E-state index contributed by atoms with van der Waals surface area (Å²) in [6, 6.07) is 0. The smallest absolute Gasteiger partial charge is 0.0897 e. The molecule has 0 aromatic rings. The standard InChI is InChI=1S/C16H31NO2/c1-4-13(2)9-17-10-16(18)12-19-11-15-8-6-5-7-14(15)3/h5-6,13-18H,4,7-12H2,1-3H3. The van der Waals surface area contributed by atoms with Crippen molar-refractivity contribution >= 4 is 0 Å². The highest BCUT2D eigenvalue weighted by molar-refractivity contribution is 4.93. The average molecular weight is 269 g/mol. The number of ether oxygens (including phenoxy) is 1. The van der Waals surface area contributed by atoms with Crippen molar-refractivity contribution in [3.05, 3.63) is 12.2 Å². The third-order valence-corrected chi connectivity index (χ3v) is 4.13. The quantitative estimate of drug-likeness (QED) is 0.632. The van der Waals surface area contributed by atoms with E-state index >= 15 is 0 Å². The molecule has 1 aliphatic rings. The predicted octanol–water partition coefficient (Wildman–Crippen LogP) is 2.60. The Morgan fingerprint density at radius 1 is 1.32 bits per heavy atom. The molecule has 0 amide bonds. The second-order valence-electron chi connectivity index (χ2n) is 6.04. The zero-order valence-corrected chi connectivity index (χ0v) is 12.8. The van der Waals surface area contributed by atoms with Crippen LogP contribution in [-0.2, 0) is 4.74 Å². The first-order valence-electron chi connectivity index (χ1n) is 7.75. The zero-order chi connectivity index (χ0) is 14.1. The van der Waals surface area contributed by atoms with Crippen molar-refractivity contribution in [1.29, 1.82) is 0 Å². The molecule has 19 heavy (non-hydrogen) atoms. The fourth-order valence-electron chi connectivity index (χ4n) is 2.29. The van der Waals surface area contributed by atoms with Crippen molar-refractivity contribution in [1.82, 2.24) is 5.32 Å². The highest BCUT2D eigenvalue weighted by Gasteiger charge is 2.18. The Bertz CT molecular complexity index is 255. The minimum Gasteiger partial charge on any atom is -0.389 e. The first-order valence-corrected chi connectivity index (χ1v) is 7.75. The number of aliphatic hydroxyl groups excluding tert-OH is 1. The molecule has 0 heterocycles. The van der Waals surface area contributed by atoms with Gasteiger partial charge < -0.3 is 15.2 Å². The van der Waals surface area contributed by atoms with Crippen molar-refractivity contribution < 1.29 is 9.84 Å². The first-order chi connectivity index (χ1) is 9.13. The molecule has 0 aromatic carbocycles. The number of nitrogens with one attached hydrogen (secondary N) is 1. The fourth-order valence-corrected chi connectivity index (χ4v) is 2.29. The summed E-state index contributed by atoms with van der Waals surface area (Å²) >= 11 is 0. The largest absolute Gasteiger partial charge is 0.389 e. The molecule has 0 aromatic heterocycles. The van der Waals surface area contributed by atoms with Gasteiger partial charge in [0.25, 0.3) is 0 Å². The molecule has 0 aliphatic heterocycles. The van der Waals surface area contributed by atoms with Crippen LogP contribution in [0.1, 0.15) is 40.0 Å². The van der Waals surface area contributed by atoms with Gasteiger partial charge in [0.15, 0.2) is 0 Å². The van der Waals surface area contributed by atoms with E-state index in [-0.39, 0.29) is 0 Å². The van der Waals surface area contributed by atoms with Crippen LogP contribution in [0.25, 0.3) is 0 Å². The molecule has 0 radical (unpaired) electrons. The zero-order valence-electron chi connectivity index (χ0n) is 12.8. The fraction of sp³-hybridized carbons (Fsp3) is 0.875. The lowest BCUT2D eigenvalue weighted by Gasteiger charge is -2.25. The van der Waals surface area contributed by atoms with Gasteiger partial charge in [0.1, 0.15) is 0 Å². The van der Waals surface area contributed by atoms with Crippen LogP contribution in [0.15, 0.2) is 12.2 Å². The molecule has 0 bridgehead atoms. The van der Waals surface area contributed by atoms with Crippen LogP contribution in [0.3, 0.4) is 0 Å². The average Bonchev–Trinajstić information content (AvgIpc) is 2.40. The van der Waals surface area contributed by atoms with Gasteiger partial charge >= 0.3 is 0 Å². The van der Waals surface area contributed by atoms with Crippen LogP contribution in [-0.4, -0.2) is 37.5 Å². The van der Waals surface area contributed by atoms with E-state index in [4.69, 9.17) is 4.74 Å². The third-order valence-electron chi connectivity index (χ3n) is 4.13. The number of hydrogen-bond donors (Lipinski definition) is 2. The lowest BCUT2D eigenvalue weighted by Crippen LogP contribution is -2.33. The molecule has 0 saturated heterocycles. The van der Waals surface area contributed by atoms with Crippen molar-refractivity contribution in [2.75, 3.05) is 26.3 Å². The van der Waals surface area contributed by atoms with Crippen molar-refractivity contribution in [2.24, 2.45) is 17.8 Å². The molecule has 112 valence electrons. The molecule has 0 fully saturated rings. The summed E-state index contributed by atoms with van der Waals surface area (Å²) in [6.07, 6.45) is 7.56. The van der Waals surface area contributed by atoms with E-state index < -0.39 is 6.10 Å². The summed E-state index contributed by atoms with van der Waals surface area (Å²) in [5, 5.41) is 13.1. The molecule has 1 aliphatic carbocycles. The Balaban J connectivity index is 2.03. The van der Waals surface area contributed by atoms with Gasteiger partial charge in [-0.15, -0.1) is 0 Å². The predicted molar refractivity (Wildman–Crippen MR) is 80.2 cm³/mol. The second kappa shape index (κ2) is 9.51. The van der Waals surface area contributed by atoms with E-state index in [1.807, 2.05) is 0 Å². The van der Waals surface area contributed by atoms with Crippen LogP contribution >= 0.6 is 0 Å². The number of rotatable bonds is 9. The number of allylic oxidation sites excluding steroid dienone is 2. The van der Waals surface area contributed by atoms with Crippen molar-refractivity contribution in [2.45, 2.75) is 46.1 Å². The molecule has 0 spiro atoms. The Labute approximate surface area is 118 Å². The van der Waals surface area contributed by atoms with Gasteiger partial charge in [0, 0.05) is 6.54 Å². The topological polar surface area (TPSA) is 41.5 Å². The minimum absolute atomic E-state index is 0.390. The van der Waals surface area contributed by atoms with Crippen molar-refractivity contribution in [3.63, 3.8) is 0 Å². The normalized spacial score (nSPS) is 26.3. The van der Waals surface area contributed by atoms with E-state index in [9.17, 15) is 5.11 Å². The molecule has 3 nitrogen and oxygen atoms in total. The molecule has 4 atom stereocenters.